The van der Waals surface area contributed by atoms with Gasteiger partial charge in [0.25, 0.3) is 0 Å². The van der Waals surface area contributed by atoms with Crippen molar-refractivity contribution in [1.29, 1.82) is 0 Å². The number of rotatable bonds is 9. The predicted molar refractivity (Wildman–Crippen MR) is 71.3 cm³/mol. The lowest BCUT2D eigenvalue weighted by molar-refractivity contribution is -0.134. The summed E-state index contributed by atoms with van der Waals surface area (Å²) in [4.78, 5) is 0. The van der Waals surface area contributed by atoms with Crippen LogP contribution in [0.25, 0.3) is 0 Å². The van der Waals surface area contributed by atoms with E-state index in [2.05, 4.69) is 5.32 Å². The van der Waals surface area contributed by atoms with E-state index in [1.807, 2.05) is 44.2 Å². The molecule has 4 heteroatoms. The number of aliphatic hydroxyl groups excluding tert-OH is 1. The molecule has 0 aliphatic rings. The number of ether oxygens (including phenoxy) is 2. The SMILES string of the molecule is CCOC(CNC(CO)c1ccccc1)OCC. The molecule has 102 valence electrons. The fraction of sp³-hybridized carbons (Fsp3) is 0.571. The second kappa shape index (κ2) is 9.05. The van der Waals surface area contributed by atoms with Gasteiger partial charge in [0.2, 0.25) is 0 Å². The summed E-state index contributed by atoms with van der Waals surface area (Å²) < 4.78 is 10.9. The standard InChI is InChI=1S/C14H23NO3/c1-3-17-14(18-4-2)10-15-13(11-16)12-8-6-5-7-9-12/h5-9,13-16H,3-4,10-11H2,1-2H3. The number of nitrogens with one attached hydrogen (secondary N) is 1. The van der Waals surface area contributed by atoms with Gasteiger partial charge in [0, 0.05) is 19.8 Å². The Bertz CT molecular complexity index is 299. The molecule has 0 aliphatic carbocycles. The number of benzene rings is 1. The van der Waals surface area contributed by atoms with E-state index in [-0.39, 0.29) is 18.9 Å². The van der Waals surface area contributed by atoms with Gasteiger partial charge in [-0.05, 0) is 19.4 Å². The molecule has 1 rings (SSSR count). The Morgan fingerprint density at radius 2 is 1.72 bits per heavy atom. The first-order valence-corrected chi connectivity index (χ1v) is 6.44. The zero-order chi connectivity index (χ0) is 13.2. The lowest BCUT2D eigenvalue weighted by Gasteiger charge is -2.22. The smallest absolute Gasteiger partial charge is 0.169 e. The molecule has 0 spiro atoms. The first-order chi connectivity index (χ1) is 8.81. The molecular weight excluding hydrogens is 230 g/mol. The highest BCUT2D eigenvalue weighted by Gasteiger charge is 2.13. The van der Waals surface area contributed by atoms with Crippen LogP contribution in [0.5, 0.6) is 0 Å². The largest absolute Gasteiger partial charge is 0.394 e. The summed E-state index contributed by atoms with van der Waals surface area (Å²) in [6, 6.07) is 9.77. The van der Waals surface area contributed by atoms with Gasteiger partial charge in [-0.15, -0.1) is 0 Å². The van der Waals surface area contributed by atoms with Gasteiger partial charge in [-0.25, -0.2) is 0 Å². The van der Waals surface area contributed by atoms with Gasteiger partial charge in [-0.2, -0.15) is 0 Å². The quantitative estimate of drug-likeness (QED) is 0.658. The predicted octanol–water partition coefficient (Wildman–Crippen LogP) is 1.71. The lowest BCUT2D eigenvalue weighted by Crippen LogP contribution is -2.35. The van der Waals surface area contributed by atoms with Gasteiger partial charge in [-0.3, -0.25) is 0 Å². The minimum absolute atomic E-state index is 0.0506. The maximum Gasteiger partial charge on any atom is 0.169 e. The summed E-state index contributed by atoms with van der Waals surface area (Å²) in [6.07, 6.45) is -0.266. The van der Waals surface area contributed by atoms with Gasteiger partial charge in [0.05, 0.1) is 12.6 Å². The molecule has 0 saturated carbocycles. The summed E-state index contributed by atoms with van der Waals surface area (Å²) in [5.74, 6) is 0. The third kappa shape index (κ3) is 5.14. The van der Waals surface area contributed by atoms with Crippen molar-refractivity contribution in [2.45, 2.75) is 26.2 Å². The van der Waals surface area contributed by atoms with E-state index in [1.54, 1.807) is 0 Å². The molecule has 0 radical (unpaired) electrons. The molecule has 0 aromatic heterocycles. The van der Waals surface area contributed by atoms with E-state index in [1.165, 1.54) is 0 Å². The van der Waals surface area contributed by atoms with Crippen molar-refractivity contribution in [2.75, 3.05) is 26.4 Å². The van der Waals surface area contributed by atoms with Gasteiger partial charge >= 0.3 is 0 Å². The maximum atomic E-state index is 9.41. The molecule has 2 N–H and O–H groups in total. The topological polar surface area (TPSA) is 50.7 Å². The van der Waals surface area contributed by atoms with Crippen molar-refractivity contribution in [3.63, 3.8) is 0 Å². The molecule has 4 nitrogen and oxygen atoms in total. The van der Waals surface area contributed by atoms with Gasteiger partial charge in [0.1, 0.15) is 0 Å². The number of hydrogen-bond acceptors (Lipinski definition) is 4. The van der Waals surface area contributed by atoms with Crippen LogP contribution in [-0.2, 0) is 9.47 Å². The molecular formula is C14H23NO3. The Balaban J connectivity index is 2.48. The molecule has 0 amide bonds. The Morgan fingerprint density at radius 1 is 1.11 bits per heavy atom. The minimum Gasteiger partial charge on any atom is -0.394 e. The zero-order valence-corrected chi connectivity index (χ0v) is 11.1. The third-order valence-electron chi connectivity index (χ3n) is 2.62. The fourth-order valence-electron chi connectivity index (χ4n) is 1.75. The zero-order valence-electron chi connectivity index (χ0n) is 11.1. The van der Waals surface area contributed by atoms with Crippen LogP contribution in [0.3, 0.4) is 0 Å². The summed E-state index contributed by atoms with van der Waals surface area (Å²) in [6.45, 7) is 5.71. The van der Waals surface area contributed by atoms with Crippen LogP contribution < -0.4 is 5.32 Å². The van der Waals surface area contributed by atoms with Crippen molar-refractivity contribution in [1.82, 2.24) is 5.32 Å². The Morgan fingerprint density at radius 3 is 2.22 bits per heavy atom. The molecule has 18 heavy (non-hydrogen) atoms. The molecule has 0 aliphatic heterocycles. The van der Waals surface area contributed by atoms with Crippen LogP contribution in [0, 0.1) is 0 Å². The highest BCUT2D eigenvalue weighted by atomic mass is 16.7. The molecule has 1 aromatic rings. The van der Waals surface area contributed by atoms with Crippen LogP contribution in [0.15, 0.2) is 30.3 Å². The third-order valence-corrected chi connectivity index (χ3v) is 2.62. The van der Waals surface area contributed by atoms with E-state index in [9.17, 15) is 5.11 Å². The first kappa shape index (κ1) is 15.1. The number of hydrogen-bond donors (Lipinski definition) is 2. The Kier molecular flexibility index (Phi) is 7.60. The number of aliphatic hydroxyl groups is 1. The summed E-state index contributed by atoms with van der Waals surface area (Å²) in [5, 5.41) is 12.7. The fourth-order valence-corrected chi connectivity index (χ4v) is 1.75. The van der Waals surface area contributed by atoms with Crippen LogP contribution in [0.1, 0.15) is 25.5 Å². The first-order valence-electron chi connectivity index (χ1n) is 6.44. The van der Waals surface area contributed by atoms with E-state index >= 15 is 0 Å². The normalized spacial score (nSPS) is 12.9. The van der Waals surface area contributed by atoms with E-state index < -0.39 is 0 Å². The van der Waals surface area contributed by atoms with Crippen molar-refractivity contribution in [3.05, 3.63) is 35.9 Å². The van der Waals surface area contributed by atoms with Crippen LogP contribution in [0.4, 0.5) is 0 Å². The average Bonchev–Trinajstić information content (AvgIpc) is 2.41. The van der Waals surface area contributed by atoms with Crippen molar-refractivity contribution in [3.8, 4) is 0 Å². The van der Waals surface area contributed by atoms with E-state index in [4.69, 9.17) is 9.47 Å². The highest BCUT2D eigenvalue weighted by molar-refractivity contribution is 5.18. The monoisotopic (exact) mass is 253 g/mol. The molecule has 1 aromatic carbocycles. The highest BCUT2D eigenvalue weighted by Crippen LogP contribution is 2.11. The Hall–Kier alpha value is -0.940. The summed E-state index contributed by atoms with van der Waals surface area (Å²) in [7, 11) is 0. The van der Waals surface area contributed by atoms with Crippen LogP contribution in [-0.4, -0.2) is 37.8 Å². The van der Waals surface area contributed by atoms with Gasteiger partial charge < -0.3 is 19.9 Å². The summed E-state index contributed by atoms with van der Waals surface area (Å²) >= 11 is 0. The van der Waals surface area contributed by atoms with E-state index in [0.29, 0.717) is 19.8 Å². The van der Waals surface area contributed by atoms with E-state index in [0.717, 1.165) is 5.56 Å². The molecule has 0 bridgehead atoms. The van der Waals surface area contributed by atoms with Crippen molar-refractivity contribution in [2.24, 2.45) is 0 Å². The molecule has 0 fully saturated rings. The second-order valence-corrected chi connectivity index (χ2v) is 3.89. The maximum absolute atomic E-state index is 9.41. The molecule has 1 unspecified atom stereocenters. The minimum atomic E-state index is -0.266. The molecule has 0 saturated heterocycles. The van der Waals surface area contributed by atoms with Crippen molar-refractivity contribution >= 4 is 0 Å². The van der Waals surface area contributed by atoms with Crippen molar-refractivity contribution < 1.29 is 14.6 Å². The van der Waals surface area contributed by atoms with Gasteiger partial charge in [0.15, 0.2) is 6.29 Å². The van der Waals surface area contributed by atoms with Crippen LogP contribution in [0.2, 0.25) is 0 Å². The average molecular weight is 253 g/mol. The van der Waals surface area contributed by atoms with Gasteiger partial charge in [-0.1, -0.05) is 30.3 Å². The Labute approximate surface area is 109 Å². The molecule has 1 atom stereocenters. The molecule has 0 heterocycles. The lowest BCUT2D eigenvalue weighted by atomic mass is 10.1. The summed E-state index contributed by atoms with van der Waals surface area (Å²) in [5.41, 5.74) is 1.06. The second-order valence-electron chi connectivity index (χ2n) is 3.89. The van der Waals surface area contributed by atoms with Crippen LogP contribution >= 0.6 is 0 Å².